The van der Waals surface area contributed by atoms with E-state index in [-0.39, 0.29) is 17.9 Å². The maximum Gasteiger partial charge on any atom is 0.124 e. The van der Waals surface area contributed by atoms with Gasteiger partial charge in [0.1, 0.15) is 5.82 Å². The van der Waals surface area contributed by atoms with E-state index >= 15 is 0 Å². The van der Waals surface area contributed by atoms with Gasteiger partial charge in [-0.25, -0.2) is 4.39 Å². The summed E-state index contributed by atoms with van der Waals surface area (Å²) in [5.41, 5.74) is 7.79. The van der Waals surface area contributed by atoms with Gasteiger partial charge >= 0.3 is 0 Å². The van der Waals surface area contributed by atoms with Crippen LogP contribution < -0.4 is 5.73 Å². The summed E-state index contributed by atoms with van der Waals surface area (Å²) >= 11 is 3.27. The van der Waals surface area contributed by atoms with Crippen molar-refractivity contribution in [1.82, 2.24) is 9.78 Å². The normalized spacial score (nSPS) is 13.0. The van der Waals surface area contributed by atoms with E-state index < -0.39 is 0 Å². The number of rotatable bonds is 3. The fourth-order valence-electron chi connectivity index (χ4n) is 1.93. The predicted molar refractivity (Wildman–Crippen MR) is 72.7 cm³/mol. The molecule has 0 bridgehead atoms. The van der Waals surface area contributed by atoms with Crippen LogP contribution in [0.15, 0.2) is 34.9 Å². The topological polar surface area (TPSA) is 43.8 Å². The molecule has 0 saturated heterocycles. The smallest absolute Gasteiger partial charge is 0.124 e. The van der Waals surface area contributed by atoms with Crippen molar-refractivity contribution in [2.45, 2.75) is 25.9 Å². The van der Waals surface area contributed by atoms with E-state index in [1.54, 1.807) is 6.20 Å². The SMILES string of the molecule is CC(C)n1nccc1C(N)c1cc(F)cc(Br)c1. The molecule has 1 aromatic carbocycles. The standard InChI is InChI=1S/C13H15BrFN3/c1-8(2)18-12(3-4-17-18)13(16)9-5-10(14)7-11(15)6-9/h3-8,13H,16H2,1-2H3. The van der Waals surface area contributed by atoms with Crippen molar-refractivity contribution in [3.63, 3.8) is 0 Å². The molecule has 0 saturated carbocycles. The number of benzene rings is 1. The second kappa shape index (κ2) is 5.20. The molecule has 0 spiro atoms. The third-order valence-electron chi connectivity index (χ3n) is 2.75. The molecule has 96 valence electrons. The summed E-state index contributed by atoms with van der Waals surface area (Å²) in [5, 5.41) is 4.24. The van der Waals surface area contributed by atoms with Crippen LogP contribution in [0.4, 0.5) is 4.39 Å². The lowest BCUT2D eigenvalue weighted by Gasteiger charge is -2.17. The molecule has 0 radical (unpaired) electrons. The first kappa shape index (κ1) is 13.2. The second-order valence-corrected chi connectivity index (χ2v) is 5.39. The van der Waals surface area contributed by atoms with Crippen molar-refractivity contribution in [3.05, 3.63) is 52.0 Å². The molecule has 2 aromatic rings. The summed E-state index contributed by atoms with van der Waals surface area (Å²) in [7, 11) is 0. The highest BCUT2D eigenvalue weighted by Crippen LogP contribution is 2.25. The molecule has 2 rings (SSSR count). The van der Waals surface area contributed by atoms with Crippen LogP contribution in [-0.2, 0) is 0 Å². The van der Waals surface area contributed by atoms with E-state index in [1.807, 2.05) is 30.7 Å². The predicted octanol–water partition coefficient (Wildman–Crippen LogP) is 3.41. The first-order chi connectivity index (χ1) is 8.49. The Balaban J connectivity index is 2.41. The van der Waals surface area contributed by atoms with Crippen LogP contribution in [0.3, 0.4) is 0 Å². The van der Waals surface area contributed by atoms with Gasteiger partial charge in [0.25, 0.3) is 0 Å². The molecule has 0 aliphatic carbocycles. The molecule has 1 heterocycles. The van der Waals surface area contributed by atoms with Gasteiger partial charge in [-0.2, -0.15) is 5.10 Å². The van der Waals surface area contributed by atoms with Crippen LogP contribution in [0.1, 0.15) is 37.2 Å². The third kappa shape index (κ3) is 2.62. The molecule has 3 nitrogen and oxygen atoms in total. The molecule has 0 fully saturated rings. The Bertz CT molecular complexity index is 531. The van der Waals surface area contributed by atoms with Gasteiger partial charge in [-0.15, -0.1) is 0 Å². The molecule has 18 heavy (non-hydrogen) atoms. The van der Waals surface area contributed by atoms with Crippen LogP contribution in [0.25, 0.3) is 0 Å². The third-order valence-corrected chi connectivity index (χ3v) is 3.21. The van der Waals surface area contributed by atoms with E-state index in [0.717, 1.165) is 11.3 Å². The lowest BCUT2D eigenvalue weighted by Crippen LogP contribution is -2.18. The molecule has 0 amide bonds. The van der Waals surface area contributed by atoms with Crippen molar-refractivity contribution in [1.29, 1.82) is 0 Å². The molecule has 0 aliphatic heterocycles. The Morgan fingerprint density at radius 3 is 2.67 bits per heavy atom. The summed E-state index contributed by atoms with van der Waals surface area (Å²) < 4.78 is 15.9. The van der Waals surface area contributed by atoms with E-state index in [9.17, 15) is 4.39 Å². The minimum atomic E-state index is -0.387. The molecule has 1 unspecified atom stereocenters. The summed E-state index contributed by atoms with van der Waals surface area (Å²) in [6, 6.07) is 6.39. The Hall–Kier alpha value is -1.20. The number of hydrogen-bond acceptors (Lipinski definition) is 2. The molecule has 5 heteroatoms. The lowest BCUT2D eigenvalue weighted by atomic mass is 10.0. The Morgan fingerprint density at radius 2 is 2.06 bits per heavy atom. The van der Waals surface area contributed by atoms with Crippen LogP contribution in [0.2, 0.25) is 0 Å². The maximum absolute atomic E-state index is 13.4. The lowest BCUT2D eigenvalue weighted by molar-refractivity contribution is 0.498. The van der Waals surface area contributed by atoms with Crippen LogP contribution >= 0.6 is 15.9 Å². The highest BCUT2D eigenvalue weighted by molar-refractivity contribution is 9.10. The number of halogens is 2. The fraction of sp³-hybridized carbons (Fsp3) is 0.308. The largest absolute Gasteiger partial charge is 0.319 e. The van der Waals surface area contributed by atoms with Gasteiger partial charge in [-0.1, -0.05) is 15.9 Å². The first-order valence-corrected chi connectivity index (χ1v) is 6.53. The number of aromatic nitrogens is 2. The van der Waals surface area contributed by atoms with Crippen LogP contribution in [0, 0.1) is 5.82 Å². The van der Waals surface area contributed by atoms with Crippen molar-refractivity contribution < 1.29 is 4.39 Å². The van der Waals surface area contributed by atoms with Crippen molar-refractivity contribution in [2.24, 2.45) is 5.73 Å². The van der Waals surface area contributed by atoms with Gasteiger partial charge in [0.05, 0.1) is 11.7 Å². The molecular weight excluding hydrogens is 297 g/mol. The minimum Gasteiger partial charge on any atom is -0.319 e. The van der Waals surface area contributed by atoms with Crippen molar-refractivity contribution in [2.75, 3.05) is 0 Å². The van der Waals surface area contributed by atoms with E-state index in [2.05, 4.69) is 21.0 Å². The zero-order valence-corrected chi connectivity index (χ0v) is 11.9. The summed E-state index contributed by atoms with van der Waals surface area (Å²) in [5.74, 6) is -0.301. The highest BCUT2D eigenvalue weighted by Gasteiger charge is 2.16. The molecule has 1 aromatic heterocycles. The maximum atomic E-state index is 13.4. The number of nitrogens with two attached hydrogens (primary N) is 1. The summed E-state index contributed by atoms with van der Waals surface area (Å²) in [4.78, 5) is 0. The molecule has 2 N–H and O–H groups in total. The number of hydrogen-bond donors (Lipinski definition) is 1. The minimum absolute atomic E-state index is 0.220. The molecule has 1 atom stereocenters. The Morgan fingerprint density at radius 1 is 1.33 bits per heavy atom. The zero-order chi connectivity index (χ0) is 13.3. The Kier molecular flexibility index (Phi) is 3.82. The zero-order valence-electron chi connectivity index (χ0n) is 10.3. The Labute approximate surface area is 114 Å². The van der Waals surface area contributed by atoms with Crippen molar-refractivity contribution in [3.8, 4) is 0 Å². The van der Waals surface area contributed by atoms with Gasteiger partial charge in [0.2, 0.25) is 0 Å². The van der Waals surface area contributed by atoms with Gasteiger partial charge in [0, 0.05) is 16.7 Å². The average molecular weight is 312 g/mol. The van der Waals surface area contributed by atoms with Gasteiger partial charge < -0.3 is 5.73 Å². The average Bonchev–Trinajstić information content (AvgIpc) is 2.75. The number of nitrogens with zero attached hydrogens (tertiary/aromatic N) is 2. The quantitative estimate of drug-likeness (QED) is 0.944. The molecule has 0 aliphatic rings. The van der Waals surface area contributed by atoms with Gasteiger partial charge in [0.15, 0.2) is 0 Å². The second-order valence-electron chi connectivity index (χ2n) is 4.47. The molecular formula is C13H15BrFN3. The highest BCUT2D eigenvalue weighted by atomic mass is 79.9. The van der Waals surface area contributed by atoms with E-state index in [0.29, 0.717) is 4.47 Å². The van der Waals surface area contributed by atoms with Gasteiger partial charge in [-0.05, 0) is 43.7 Å². The van der Waals surface area contributed by atoms with Crippen molar-refractivity contribution >= 4 is 15.9 Å². The van der Waals surface area contributed by atoms with Gasteiger partial charge in [-0.3, -0.25) is 4.68 Å². The first-order valence-electron chi connectivity index (χ1n) is 5.74. The fourth-order valence-corrected chi connectivity index (χ4v) is 2.41. The van der Waals surface area contributed by atoms with E-state index in [4.69, 9.17) is 5.73 Å². The van der Waals surface area contributed by atoms with Crippen LogP contribution in [0.5, 0.6) is 0 Å². The van der Waals surface area contributed by atoms with Crippen LogP contribution in [-0.4, -0.2) is 9.78 Å². The van der Waals surface area contributed by atoms with E-state index in [1.165, 1.54) is 12.1 Å². The summed E-state index contributed by atoms with van der Waals surface area (Å²) in [6.45, 7) is 4.06. The monoisotopic (exact) mass is 311 g/mol. The summed E-state index contributed by atoms with van der Waals surface area (Å²) in [6.07, 6.45) is 1.71.